The topological polar surface area (TPSA) is 85.2 Å². The molecule has 0 bridgehead atoms. The quantitative estimate of drug-likeness (QED) is 0.541. The summed E-state index contributed by atoms with van der Waals surface area (Å²) in [5.74, 6) is -4.84. The lowest BCUT2D eigenvalue weighted by atomic mass is 10.2. The number of nitrogens with zero attached hydrogens (tertiary/aromatic N) is 5. The molecule has 8 nitrogen and oxygen atoms in total. The second-order valence-corrected chi connectivity index (χ2v) is 7.63. The minimum atomic E-state index is -2.71. The third-order valence-electron chi connectivity index (χ3n) is 5.07. The van der Waals surface area contributed by atoms with Crippen molar-refractivity contribution in [1.82, 2.24) is 20.0 Å². The average Bonchev–Trinajstić information content (AvgIpc) is 3.36. The summed E-state index contributed by atoms with van der Waals surface area (Å²) in [6.45, 7) is -0.107. The summed E-state index contributed by atoms with van der Waals surface area (Å²) in [6, 6.07) is 5.61. The van der Waals surface area contributed by atoms with Crippen LogP contribution in [0.3, 0.4) is 0 Å². The van der Waals surface area contributed by atoms with E-state index in [4.69, 9.17) is 4.74 Å². The fourth-order valence-electron chi connectivity index (χ4n) is 3.46. The molecule has 1 N–H and O–H groups in total. The van der Waals surface area contributed by atoms with Gasteiger partial charge in [0.2, 0.25) is 11.7 Å². The van der Waals surface area contributed by atoms with Crippen molar-refractivity contribution in [2.45, 2.75) is 25.3 Å². The summed E-state index contributed by atoms with van der Waals surface area (Å²) >= 11 is 0. The van der Waals surface area contributed by atoms with Crippen molar-refractivity contribution in [3.63, 3.8) is 0 Å². The lowest BCUT2D eigenvalue weighted by Crippen LogP contribution is -2.25. The zero-order valence-corrected chi connectivity index (χ0v) is 17.6. The number of carbonyl (C=O) groups is 1. The molecule has 4 rings (SSSR count). The second kappa shape index (κ2) is 9.04. The number of hydrogen-bond donors (Lipinski definition) is 1. The molecule has 0 radical (unpaired) electrons. The van der Waals surface area contributed by atoms with E-state index >= 15 is 0 Å². The Morgan fingerprint density at radius 2 is 2.03 bits per heavy atom. The molecule has 1 saturated heterocycles. The molecule has 0 aliphatic carbocycles. The third kappa shape index (κ3) is 5.38. The zero-order valence-electron chi connectivity index (χ0n) is 17.6. The molecule has 12 heteroatoms. The molecule has 1 fully saturated rings. The number of nitrogens with one attached hydrogen (secondary N) is 1. The standard InChI is InChI=1S/C21H20F4N6O2/c1-33-16-7-14(6-15(22)20(16)23)11-31-27-10-17(29-31)28-19(32)8-13-2-3-18(26-9-13)30-5-4-21(24,25)12-30/h2-3,6-7,9-10H,4-5,8,11-12H2,1H3,(H,28,29,32). The third-order valence-corrected chi connectivity index (χ3v) is 5.07. The second-order valence-electron chi connectivity index (χ2n) is 7.63. The Kier molecular flexibility index (Phi) is 6.16. The van der Waals surface area contributed by atoms with Gasteiger partial charge in [0.25, 0.3) is 5.92 Å². The number of alkyl halides is 2. The Hall–Kier alpha value is -3.70. The Bertz CT molecular complexity index is 1150. The minimum Gasteiger partial charge on any atom is -0.494 e. The van der Waals surface area contributed by atoms with Crippen LogP contribution in [0.5, 0.6) is 5.75 Å². The van der Waals surface area contributed by atoms with E-state index in [0.717, 1.165) is 6.07 Å². The zero-order chi connectivity index (χ0) is 23.6. The largest absolute Gasteiger partial charge is 0.494 e. The van der Waals surface area contributed by atoms with Crippen molar-refractivity contribution in [3.05, 3.63) is 59.4 Å². The Morgan fingerprint density at radius 1 is 1.21 bits per heavy atom. The monoisotopic (exact) mass is 464 g/mol. The first kappa shape index (κ1) is 22.5. The van der Waals surface area contributed by atoms with Crippen LogP contribution in [0.1, 0.15) is 17.5 Å². The van der Waals surface area contributed by atoms with Crippen molar-refractivity contribution >= 4 is 17.5 Å². The van der Waals surface area contributed by atoms with Gasteiger partial charge in [0.15, 0.2) is 17.4 Å². The minimum absolute atomic E-state index is 0.00330. The van der Waals surface area contributed by atoms with Gasteiger partial charge >= 0.3 is 0 Å². The van der Waals surface area contributed by atoms with Crippen LogP contribution in [0.15, 0.2) is 36.7 Å². The maximum absolute atomic E-state index is 13.7. The van der Waals surface area contributed by atoms with Gasteiger partial charge in [0.1, 0.15) is 5.82 Å². The molecule has 0 saturated carbocycles. The summed E-state index contributed by atoms with van der Waals surface area (Å²) in [7, 11) is 1.23. The Morgan fingerprint density at radius 3 is 2.70 bits per heavy atom. The van der Waals surface area contributed by atoms with Crippen LogP contribution in [0.4, 0.5) is 29.2 Å². The molecule has 1 aliphatic rings. The fourth-order valence-corrected chi connectivity index (χ4v) is 3.46. The molecule has 1 amide bonds. The number of pyridine rings is 1. The molecule has 3 aromatic rings. The van der Waals surface area contributed by atoms with Crippen LogP contribution in [-0.2, 0) is 17.8 Å². The van der Waals surface area contributed by atoms with E-state index in [1.54, 1.807) is 12.1 Å². The first-order chi connectivity index (χ1) is 15.7. The van der Waals surface area contributed by atoms with Gasteiger partial charge in [-0.05, 0) is 29.3 Å². The number of benzene rings is 1. The highest BCUT2D eigenvalue weighted by atomic mass is 19.3. The van der Waals surface area contributed by atoms with E-state index in [9.17, 15) is 22.4 Å². The number of methoxy groups -OCH3 is 1. The molecule has 0 spiro atoms. The smallest absolute Gasteiger partial charge is 0.266 e. The maximum atomic E-state index is 13.7. The highest BCUT2D eigenvalue weighted by molar-refractivity contribution is 5.91. The van der Waals surface area contributed by atoms with Gasteiger partial charge in [0, 0.05) is 19.2 Å². The van der Waals surface area contributed by atoms with Gasteiger partial charge in [0.05, 0.1) is 32.8 Å². The Labute approximate surface area is 186 Å². The van der Waals surface area contributed by atoms with Gasteiger partial charge in [-0.25, -0.2) is 18.2 Å². The predicted octanol–water partition coefficient (Wildman–Crippen LogP) is 3.03. The number of anilines is 2. The summed E-state index contributed by atoms with van der Waals surface area (Å²) in [4.78, 5) is 19.2. The summed E-state index contributed by atoms with van der Waals surface area (Å²) < 4.78 is 58.7. The van der Waals surface area contributed by atoms with Gasteiger partial charge in [-0.3, -0.25) is 4.79 Å². The van der Waals surface area contributed by atoms with E-state index in [1.807, 2.05) is 0 Å². The van der Waals surface area contributed by atoms with Crippen molar-refractivity contribution in [3.8, 4) is 5.75 Å². The highest BCUT2D eigenvalue weighted by Crippen LogP contribution is 2.29. The number of halogens is 4. The number of ether oxygens (including phenoxy) is 1. The molecule has 1 aromatic carbocycles. The number of amides is 1. The average molecular weight is 464 g/mol. The lowest BCUT2D eigenvalue weighted by Gasteiger charge is -2.17. The number of hydrogen-bond acceptors (Lipinski definition) is 6. The highest BCUT2D eigenvalue weighted by Gasteiger charge is 2.38. The van der Waals surface area contributed by atoms with E-state index in [1.165, 1.54) is 35.3 Å². The first-order valence-electron chi connectivity index (χ1n) is 10.0. The van der Waals surface area contributed by atoms with E-state index in [-0.39, 0.29) is 50.0 Å². The summed E-state index contributed by atoms with van der Waals surface area (Å²) in [5.41, 5.74) is 0.977. The van der Waals surface area contributed by atoms with E-state index < -0.39 is 17.6 Å². The van der Waals surface area contributed by atoms with E-state index in [2.05, 4.69) is 20.5 Å². The molecule has 1 aliphatic heterocycles. The normalized spacial score (nSPS) is 15.0. The molecule has 0 unspecified atom stereocenters. The van der Waals surface area contributed by atoms with Crippen molar-refractivity contribution in [1.29, 1.82) is 0 Å². The number of rotatable bonds is 7. The molecular formula is C21H20F4N6O2. The molecule has 2 aromatic heterocycles. The molecule has 3 heterocycles. The van der Waals surface area contributed by atoms with Gasteiger partial charge in [-0.15, -0.1) is 5.10 Å². The van der Waals surface area contributed by atoms with Crippen LogP contribution in [-0.4, -0.2) is 52.0 Å². The SMILES string of the molecule is COc1cc(Cn2ncc(NC(=O)Cc3ccc(N4CCC(F)(F)C4)nc3)n2)cc(F)c1F. The molecular weight excluding hydrogens is 444 g/mol. The molecule has 33 heavy (non-hydrogen) atoms. The van der Waals surface area contributed by atoms with Gasteiger partial charge in [-0.1, -0.05) is 6.07 Å². The molecule has 174 valence electrons. The van der Waals surface area contributed by atoms with Crippen molar-refractivity contribution < 1.29 is 27.1 Å². The first-order valence-corrected chi connectivity index (χ1v) is 10.0. The Balaban J connectivity index is 1.33. The van der Waals surface area contributed by atoms with Crippen LogP contribution in [0.2, 0.25) is 0 Å². The summed E-state index contributed by atoms with van der Waals surface area (Å²) in [5, 5.41) is 10.7. The maximum Gasteiger partial charge on any atom is 0.266 e. The number of aromatic nitrogens is 4. The van der Waals surface area contributed by atoms with E-state index in [0.29, 0.717) is 16.9 Å². The van der Waals surface area contributed by atoms with Crippen molar-refractivity contribution in [2.24, 2.45) is 0 Å². The predicted molar refractivity (Wildman–Crippen MR) is 110 cm³/mol. The van der Waals surface area contributed by atoms with Gasteiger partial charge in [-0.2, -0.15) is 14.3 Å². The molecule has 0 atom stereocenters. The fraction of sp³-hybridized carbons (Fsp3) is 0.333. The van der Waals surface area contributed by atoms with Crippen molar-refractivity contribution in [2.75, 3.05) is 30.4 Å². The van der Waals surface area contributed by atoms with Gasteiger partial charge < -0.3 is 15.0 Å². The summed E-state index contributed by atoms with van der Waals surface area (Å²) in [6.07, 6.45) is 2.59. The van der Waals surface area contributed by atoms with Crippen LogP contribution < -0.4 is 15.0 Å². The van der Waals surface area contributed by atoms with Crippen LogP contribution >= 0.6 is 0 Å². The lowest BCUT2D eigenvalue weighted by molar-refractivity contribution is -0.115. The number of carbonyl (C=O) groups excluding carboxylic acids is 1. The van der Waals surface area contributed by atoms with Crippen LogP contribution in [0.25, 0.3) is 0 Å². The van der Waals surface area contributed by atoms with Crippen LogP contribution in [0, 0.1) is 11.6 Å².